The quantitative estimate of drug-likeness (QED) is 0.812. The number of hydrogen-bond donors (Lipinski definition) is 0. The number of nitrogens with zero attached hydrogens (tertiary/aromatic N) is 5. The second kappa shape index (κ2) is 7.23. The maximum absolute atomic E-state index is 5.89. The molecule has 2 aromatic heterocycles. The molecule has 1 aliphatic heterocycles. The summed E-state index contributed by atoms with van der Waals surface area (Å²) >= 11 is 0. The van der Waals surface area contributed by atoms with Crippen molar-refractivity contribution in [3.8, 4) is 0 Å². The first-order valence-electron chi connectivity index (χ1n) is 8.31. The third-order valence-corrected chi connectivity index (χ3v) is 3.96. The highest BCUT2D eigenvalue weighted by atomic mass is 16.5. The van der Waals surface area contributed by atoms with Crippen molar-refractivity contribution < 1.29 is 9.26 Å². The summed E-state index contributed by atoms with van der Waals surface area (Å²) < 4.78 is 13.2. The average molecular weight is 319 g/mol. The van der Waals surface area contributed by atoms with Gasteiger partial charge < -0.3 is 9.26 Å². The monoisotopic (exact) mass is 319 g/mol. The lowest BCUT2D eigenvalue weighted by Gasteiger charge is -2.31. The number of morpholine rings is 1. The summed E-state index contributed by atoms with van der Waals surface area (Å²) in [5.41, 5.74) is 1.13. The van der Waals surface area contributed by atoms with Crippen LogP contribution in [0.25, 0.3) is 0 Å². The second-order valence-electron chi connectivity index (χ2n) is 6.43. The van der Waals surface area contributed by atoms with Crippen LogP contribution in [-0.4, -0.2) is 44.5 Å². The van der Waals surface area contributed by atoms with E-state index in [0.29, 0.717) is 25.0 Å². The number of hydrogen-bond acceptors (Lipinski definition) is 6. The van der Waals surface area contributed by atoms with Crippen molar-refractivity contribution in [3.63, 3.8) is 0 Å². The van der Waals surface area contributed by atoms with Crippen LogP contribution in [0.2, 0.25) is 0 Å². The first-order chi connectivity index (χ1) is 11.1. The van der Waals surface area contributed by atoms with Crippen LogP contribution in [-0.2, 0) is 24.2 Å². The van der Waals surface area contributed by atoms with E-state index in [1.54, 1.807) is 0 Å². The van der Waals surface area contributed by atoms with Crippen LogP contribution >= 0.6 is 0 Å². The van der Waals surface area contributed by atoms with Gasteiger partial charge in [0, 0.05) is 37.8 Å². The Labute approximate surface area is 136 Å². The average Bonchev–Trinajstić information content (AvgIpc) is 3.16. The zero-order chi connectivity index (χ0) is 16.2. The fourth-order valence-corrected chi connectivity index (χ4v) is 2.76. The molecule has 0 bridgehead atoms. The smallest absolute Gasteiger partial charge is 0.240 e. The molecule has 1 atom stereocenters. The van der Waals surface area contributed by atoms with Gasteiger partial charge in [-0.05, 0) is 12.8 Å². The van der Waals surface area contributed by atoms with E-state index in [1.807, 2.05) is 10.9 Å². The third-order valence-electron chi connectivity index (χ3n) is 3.96. The Morgan fingerprint density at radius 1 is 1.39 bits per heavy atom. The molecule has 126 valence electrons. The molecule has 1 unspecified atom stereocenters. The Hall–Kier alpha value is -1.73. The Balaban J connectivity index is 1.59. The third kappa shape index (κ3) is 4.17. The number of aromatic nitrogens is 4. The van der Waals surface area contributed by atoms with Gasteiger partial charge in [-0.1, -0.05) is 19.0 Å². The molecule has 7 heteroatoms. The number of rotatable bonds is 6. The van der Waals surface area contributed by atoms with Gasteiger partial charge in [0.2, 0.25) is 5.89 Å². The molecular weight excluding hydrogens is 294 g/mol. The van der Waals surface area contributed by atoms with Gasteiger partial charge in [0.15, 0.2) is 5.82 Å². The van der Waals surface area contributed by atoms with E-state index in [9.17, 15) is 0 Å². The van der Waals surface area contributed by atoms with E-state index in [1.165, 1.54) is 0 Å². The number of ether oxygens (including phenoxy) is 1. The van der Waals surface area contributed by atoms with Crippen LogP contribution in [0.3, 0.4) is 0 Å². The molecule has 3 rings (SSSR count). The summed E-state index contributed by atoms with van der Waals surface area (Å²) in [5.74, 6) is 2.01. The molecule has 0 saturated carbocycles. The molecule has 23 heavy (non-hydrogen) atoms. The van der Waals surface area contributed by atoms with Crippen molar-refractivity contribution in [3.05, 3.63) is 29.7 Å². The Morgan fingerprint density at radius 2 is 2.26 bits per heavy atom. The minimum Gasteiger partial charge on any atom is -0.371 e. The molecule has 0 aromatic carbocycles. The lowest BCUT2D eigenvalue weighted by Crippen LogP contribution is -2.37. The molecule has 0 N–H and O–H groups in total. The summed E-state index contributed by atoms with van der Waals surface area (Å²) in [5, 5.41) is 8.38. The van der Waals surface area contributed by atoms with E-state index in [2.05, 4.69) is 47.1 Å². The van der Waals surface area contributed by atoms with Gasteiger partial charge in [-0.3, -0.25) is 9.58 Å². The van der Waals surface area contributed by atoms with E-state index in [0.717, 1.165) is 37.4 Å². The van der Waals surface area contributed by atoms with Crippen molar-refractivity contribution in [1.82, 2.24) is 24.8 Å². The summed E-state index contributed by atoms with van der Waals surface area (Å²) in [4.78, 5) is 6.78. The zero-order valence-corrected chi connectivity index (χ0v) is 14.1. The van der Waals surface area contributed by atoms with Crippen LogP contribution in [0.4, 0.5) is 0 Å². The van der Waals surface area contributed by atoms with Gasteiger partial charge in [-0.2, -0.15) is 10.1 Å². The van der Waals surface area contributed by atoms with E-state index >= 15 is 0 Å². The molecule has 2 aromatic rings. The number of aryl methyl sites for hydroxylation is 1. The fraction of sp³-hybridized carbons (Fsp3) is 0.688. The predicted octanol–water partition coefficient (Wildman–Crippen LogP) is 2.06. The maximum atomic E-state index is 5.89. The maximum Gasteiger partial charge on any atom is 0.240 e. The SMILES string of the molecule is CCn1cc(C2CN(Cc3nc(CC(C)C)no3)CCO2)cn1. The van der Waals surface area contributed by atoms with Crippen LogP contribution < -0.4 is 0 Å². The molecule has 0 spiro atoms. The first kappa shape index (κ1) is 16.1. The Morgan fingerprint density at radius 3 is 3.00 bits per heavy atom. The Kier molecular flexibility index (Phi) is 5.07. The summed E-state index contributed by atoms with van der Waals surface area (Å²) in [6, 6.07) is 0. The molecule has 0 radical (unpaired) electrons. The summed E-state index contributed by atoms with van der Waals surface area (Å²) in [7, 11) is 0. The van der Waals surface area contributed by atoms with Crippen molar-refractivity contribution in [2.24, 2.45) is 5.92 Å². The van der Waals surface area contributed by atoms with Gasteiger partial charge in [-0.25, -0.2) is 0 Å². The highest BCUT2D eigenvalue weighted by molar-refractivity contribution is 5.09. The molecule has 7 nitrogen and oxygen atoms in total. The highest BCUT2D eigenvalue weighted by Crippen LogP contribution is 2.22. The highest BCUT2D eigenvalue weighted by Gasteiger charge is 2.24. The van der Waals surface area contributed by atoms with E-state index in [4.69, 9.17) is 9.26 Å². The van der Waals surface area contributed by atoms with Crippen LogP contribution in [0.5, 0.6) is 0 Å². The van der Waals surface area contributed by atoms with Gasteiger partial charge in [0.1, 0.15) is 0 Å². The van der Waals surface area contributed by atoms with Crippen molar-refractivity contribution in [2.75, 3.05) is 19.7 Å². The summed E-state index contributed by atoms with van der Waals surface area (Å²) in [6.07, 6.45) is 4.86. The topological polar surface area (TPSA) is 69.2 Å². The molecule has 1 aliphatic rings. The van der Waals surface area contributed by atoms with Crippen LogP contribution in [0.1, 0.15) is 44.2 Å². The molecule has 0 amide bonds. The molecule has 3 heterocycles. The van der Waals surface area contributed by atoms with Gasteiger partial charge >= 0.3 is 0 Å². The molecular formula is C16H25N5O2. The van der Waals surface area contributed by atoms with Gasteiger partial charge in [0.05, 0.1) is 25.5 Å². The second-order valence-corrected chi connectivity index (χ2v) is 6.43. The Bertz CT molecular complexity index is 622. The predicted molar refractivity (Wildman–Crippen MR) is 84.7 cm³/mol. The van der Waals surface area contributed by atoms with Crippen molar-refractivity contribution >= 4 is 0 Å². The minimum atomic E-state index is 0.0575. The van der Waals surface area contributed by atoms with Crippen LogP contribution in [0.15, 0.2) is 16.9 Å². The molecule has 1 fully saturated rings. The van der Waals surface area contributed by atoms with Gasteiger partial charge in [0.25, 0.3) is 0 Å². The van der Waals surface area contributed by atoms with Crippen molar-refractivity contribution in [2.45, 2.75) is 46.4 Å². The molecule has 1 saturated heterocycles. The lowest BCUT2D eigenvalue weighted by atomic mass is 10.1. The standard InChI is InChI=1S/C16H25N5O2/c1-4-21-9-13(8-17-21)14-10-20(5-6-22-14)11-16-18-15(19-23-16)7-12(2)3/h8-9,12,14H,4-7,10-11H2,1-3H3. The van der Waals surface area contributed by atoms with Crippen molar-refractivity contribution in [1.29, 1.82) is 0 Å². The minimum absolute atomic E-state index is 0.0575. The zero-order valence-electron chi connectivity index (χ0n) is 14.1. The summed E-state index contributed by atoms with van der Waals surface area (Å²) in [6.45, 7) is 10.3. The van der Waals surface area contributed by atoms with E-state index in [-0.39, 0.29) is 6.10 Å². The van der Waals surface area contributed by atoms with E-state index < -0.39 is 0 Å². The normalized spacial score (nSPS) is 19.6. The molecule has 0 aliphatic carbocycles. The first-order valence-corrected chi connectivity index (χ1v) is 8.31. The van der Waals surface area contributed by atoms with Gasteiger partial charge in [-0.15, -0.1) is 0 Å². The van der Waals surface area contributed by atoms with Crippen LogP contribution in [0, 0.1) is 5.92 Å². The fourth-order valence-electron chi connectivity index (χ4n) is 2.76. The largest absolute Gasteiger partial charge is 0.371 e. The lowest BCUT2D eigenvalue weighted by molar-refractivity contribution is -0.0356.